The van der Waals surface area contributed by atoms with Crippen molar-refractivity contribution in [3.63, 3.8) is 0 Å². The van der Waals surface area contributed by atoms with Gasteiger partial charge in [-0.2, -0.15) is 0 Å². The lowest BCUT2D eigenvalue weighted by Gasteiger charge is -2.29. The molecule has 2 aliphatic rings. The third-order valence-corrected chi connectivity index (χ3v) is 7.45. The highest BCUT2D eigenvalue weighted by molar-refractivity contribution is 5.66. The van der Waals surface area contributed by atoms with Gasteiger partial charge in [0.1, 0.15) is 0 Å². The summed E-state index contributed by atoms with van der Waals surface area (Å²) in [4.78, 5) is 0. The molecule has 2 atom stereocenters. The highest BCUT2D eigenvalue weighted by Crippen LogP contribution is 2.39. The molecule has 0 spiro atoms. The summed E-state index contributed by atoms with van der Waals surface area (Å²) in [7, 11) is 0. The van der Waals surface area contributed by atoms with Gasteiger partial charge in [0.15, 0.2) is 23.3 Å². The Morgan fingerprint density at radius 2 is 1.29 bits per heavy atom. The maximum atomic E-state index is 15.1. The fraction of sp³-hybridized carbons (Fsp3) is 0.571. The van der Waals surface area contributed by atoms with Gasteiger partial charge in [-0.1, -0.05) is 37.6 Å². The van der Waals surface area contributed by atoms with Crippen LogP contribution in [-0.4, -0.2) is 25.4 Å². The van der Waals surface area contributed by atoms with E-state index in [1.54, 1.807) is 0 Å². The topological polar surface area (TPSA) is 18.5 Å². The highest BCUT2D eigenvalue weighted by atomic mass is 19.2. The van der Waals surface area contributed by atoms with Gasteiger partial charge in [-0.15, -0.1) is 0 Å². The molecule has 1 aliphatic heterocycles. The average Bonchev–Trinajstić information content (AvgIpc) is 2.85. The number of halogens is 4. The van der Waals surface area contributed by atoms with E-state index in [2.05, 4.69) is 6.92 Å². The summed E-state index contributed by atoms with van der Waals surface area (Å²) in [6.45, 7) is 5.01. The van der Waals surface area contributed by atoms with Gasteiger partial charge < -0.3 is 9.47 Å². The first-order valence-corrected chi connectivity index (χ1v) is 12.6. The monoisotopic (exact) mass is 478 g/mol. The predicted octanol–water partition coefficient (Wildman–Crippen LogP) is 8.04. The molecule has 6 heteroatoms. The van der Waals surface area contributed by atoms with Gasteiger partial charge in [-0.05, 0) is 68.9 Å². The van der Waals surface area contributed by atoms with E-state index in [1.165, 1.54) is 24.3 Å². The molecule has 2 aromatic rings. The second kappa shape index (κ2) is 11.2. The van der Waals surface area contributed by atoms with Crippen LogP contribution in [0.15, 0.2) is 24.3 Å². The van der Waals surface area contributed by atoms with Crippen molar-refractivity contribution in [2.45, 2.75) is 89.3 Å². The number of rotatable bonds is 7. The molecule has 186 valence electrons. The van der Waals surface area contributed by atoms with Crippen LogP contribution in [0.2, 0.25) is 0 Å². The van der Waals surface area contributed by atoms with E-state index in [-0.39, 0.29) is 40.7 Å². The number of ether oxygens (including phenoxy) is 2. The molecule has 4 rings (SSSR count). The maximum absolute atomic E-state index is 15.1. The summed E-state index contributed by atoms with van der Waals surface area (Å²) in [6, 6.07) is 5.74. The van der Waals surface area contributed by atoms with Gasteiger partial charge >= 0.3 is 0 Å². The minimum atomic E-state index is -1.14. The van der Waals surface area contributed by atoms with Gasteiger partial charge in [0.25, 0.3) is 0 Å². The van der Waals surface area contributed by atoms with E-state index < -0.39 is 23.3 Å². The SMILES string of the molecule is CCCC1CCC(c2ccc(-c3ccc(C4CCC(OCC)CC4)c(F)c3F)c(F)c2F)CO1. The molecule has 0 bridgehead atoms. The number of benzene rings is 2. The van der Waals surface area contributed by atoms with Gasteiger partial charge in [0.2, 0.25) is 0 Å². The Labute approximate surface area is 199 Å². The van der Waals surface area contributed by atoms with Crippen LogP contribution in [0.4, 0.5) is 17.6 Å². The first kappa shape index (κ1) is 25.2. The molecule has 0 amide bonds. The molecule has 0 radical (unpaired) electrons. The third-order valence-electron chi connectivity index (χ3n) is 7.45. The quantitative estimate of drug-likeness (QED) is 0.375. The molecule has 2 fully saturated rings. The van der Waals surface area contributed by atoms with Crippen LogP contribution in [-0.2, 0) is 9.47 Å². The molecular formula is C28H34F4O2. The number of hydrogen-bond donors (Lipinski definition) is 0. The Morgan fingerprint density at radius 3 is 1.79 bits per heavy atom. The third kappa shape index (κ3) is 5.18. The van der Waals surface area contributed by atoms with E-state index in [9.17, 15) is 0 Å². The lowest BCUT2D eigenvalue weighted by Crippen LogP contribution is -2.25. The van der Waals surface area contributed by atoms with Crippen LogP contribution in [0.5, 0.6) is 0 Å². The first-order valence-electron chi connectivity index (χ1n) is 12.6. The fourth-order valence-electron chi connectivity index (χ4n) is 5.55. The molecule has 2 nitrogen and oxygen atoms in total. The van der Waals surface area contributed by atoms with Crippen molar-refractivity contribution in [3.8, 4) is 11.1 Å². The average molecular weight is 479 g/mol. The summed E-state index contributed by atoms with van der Waals surface area (Å²) in [5.41, 5.74) is 0.0226. The van der Waals surface area contributed by atoms with E-state index in [0.717, 1.165) is 32.1 Å². The second-order valence-corrected chi connectivity index (χ2v) is 9.61. The predicted molar refractivity (Wildman–Crippen MR) is 125 cm³/mol. The van der Waals surface area contributed by atoms with Crippen molar-refractivity contribution in [1.82, 2.24) is 0 Å². The Kier molecular flexibility index (Phi) is 8.30. The largest absolute Gasteiger partial charge is 0.379 e. The standard InChI is InChI=1S/C28H34F4O2/c1-3-5-19-11-8-18(16-34-19)22-13-15-24(28(32)26(22)30)23-14-12-21(25(29)27(23)31)17-6-9-20(10-7-17)33-4-2/h12-15,17-20H,3-11,16H2,1-2H3. The summed E-state index contributed by atoms with van der Waals surface area (Å²) in [6.07, 6.45) is 6.83. The molecule has 34 heavy (non-hydrogen) atoms. The van der Waals surface area contributed by atoms with Crippen LogP contribution >= 0.6 is 0 Å². The molecule has 2 unspecified atom stereocenters. The molecule has 2 aromatic carbocycles. The van der Waals surface area contributed by atoms with Crippen LogP contribution in [0, 0.1) is 23.3 Å². The minimum Gasteiger partial charge on any atom is -0.379 e. The minimum absolute atomic E-state index is 0.105. The van der Waals surface area contributed by atoms with Gasteiger partial charge in [-0.3, -0.25) is 0 Å². The lowest BCUT2D eigenvalue weighted by molar-refractivity contribution is -0.00181. The van der Waals surface area contributed by atoms with Crippen LogP contribution in [0.1, 0.15) is 88.2 Å². The van der Waals surface area contributed by atoms with Crippen molar-refractivity contribution in [2.24, 2.45) is 0 Å². The number of hydrogen-bond acceptors (Lipinski definition) is 2. The van der Waals surface area contributed by atoms with Gasteiger partial charge in [0.05, 0.1) is 18.8 Å². The van der Waals surface area contributed by atoms with E-state index in [1.807, 2.05) is 6.92 Å². The first-order chi connectivity index (χ1) is 16.4. The Morgan fingerprint density at radius 1 is 0.735 bits per heavy atom. The summed E-state index contributed by atoms with van der Waals surface area (Å²) in [5, 5.41) is 0. The van der Waals surface area contributed by atoms with E-state index in [0.29, 0.717) is 38.0 Å². The van der Waals surface area contributed by atoms with Crippen LogP contribution < -0.4 is 0 Å². The van der Waals surface area contributed by atoms with Crippen LogP contribution in [0.25, 0.3) is 11.1 Å². The normalized spacial score (nSPS) is 25.5. The zero-order chi connectivity index (χ0) is 24.2. The molecule has 1 heterocycles. The Hall–Kier alpha value is -1.92. The molecular weight excluding hydrogens is 444 g/mol. The second-order valence-electron chi connectivity index (χ2n) is 9.61. The Bertz CT molecular complexity index is 897. The molecule has 0 aromatic heterocycles. The smallest absolute Gasteiger partial charge is 0.167 e. The Balaban J connectivity index is 1.53. The van der Waals surface area contributed by atoms with Gasteiger partial charge in [-0.25, -0.2) is 17.6 Å². The van der Waals surface area contributed by atoms with Crippen molar-refractivity contribution >= 4 is 0 Å². The van der Waals surface area contributed by atoms with Crippen molar-refractivity contribution in [2.75, 3.05) is 13.2 Å². The van der Waals surface area contributed by atoms with Crippen molar-refractivity contribution in [1.29, 1.82) is 0 Å². The maximum Gasteiger partial charge on any atom is 0.167 e. The molecule has 1 saturated heterocycles. The summed E-state index contributed by atoms with van der Waals surface area (Å²) >= 11 is 0. The molecule has 0 N–H and O–H groups in total. The zero-order valence-electron chi connectivity index (χ0n) is 20.0. The fourth-order valence-corrected chi connectivity index (χ4v) is 5.55. The zero-order valence-corrected chi connectivity index (χ0v) is 20.0. The summed E-state index contributed by atoms with van der Waals surface area (Å²) < 4.78 is 71.7. The van der Waals surface area contributed by atoms with E-state index >= 15 is 17.6 Å². The highest BCUT2D eigenvalue weighted by Gasteiger charge is 2.30. The van der Waals surface area contributed by atoms with Crippen molar-refractivity contribution < 1.29 is 27.0 Å². The van der Waals surface area contributed by atoms with Crippen molar-refractivity contribution in [3.05, 3.63) is 58.7 Å². The lowest BCUT2D eigenvalue weighted by atomic mass is 9.81. The van der Waals surface area contributed by atoms with Crippen LogP contribution in [0.3, 0.4) is 0 Å². The molecule has 1 saturated carbocycles. The van der Waals surface area contributed by atoms with E-state index in [4.69, 9.17) is 9.47 Å². The summed E-state index contributed by atoms with van der Waals surface area (Å²) in [5.74, 6) is -4.59. The van der Waals surface area contributed by atoms with Gasteiger partial charge in [0, 0.05) is 23.7 Å². The molecule has 1 aliphatic carbocycles.